The molecular weight excluding hydrogens is 286 g/mol. The van der Waals surface area contributed by atoms with Crippen LogP contribution in [0.15, 0.2) is 41.8 Å². The Morgan fingerprint density at radius 3 is 2.90 bits per heavy atom. The molecule has 3 rings (SSSR count). The van der Waals surface area contributed by atoms with E-state index in [-0.39, 0.29) is 5.91 Å². The van der Waals surface area contributed by atoms with Gasteiger partial charge in [0.25, 0.3) is 0 Å². The number of thiophene rings is 1. The average molecular weight is 301 g/mol. The Morgan fingerprint density at radius 2 is 2.10 bits per heavy atom. The van der Waals surface area contributed by atoms with Gasteiger partial charge in [0.15, 0.2) is 11.5 Å². The van der Waals surface area contributed by atoms with E-state index < -0.39 is 0 Å². The second-order valence-corrected chi connectivity index (χ2v) is 5.52. The highest BCUT2D eigenvalue weighted by molar-refractivity contribution is 7.10. The molecule has 4 nitrogen and oxygen atoms in total. The van der Waals surface area contributed by atoms with Crippen LogP contribution >= 0.6 is 11.3 Å². The standard InChI is InChI=1S/C16H15NO3S/c18-16(6-4-13-2-1-9-21-13)17-11-12-3-5-14-15(10-12)20-8-7-19-14/h1-6,9-10H,7-8,11H2,(H,17,18)/b6-4+. The molecule has 1 aromatic carbocycles. The highest BCUT2D eigenvalue weighted by Gasteiger charge is 2.11. The lowest BCUT2D eigenvalue weighted by molar-refractivity contribution is -0.116. The summed E-state index contributed by atoms with van der Waals surface area (Å²) in [7, 11) is 0. The largest absolute Gasteiger partial charge is 0.486 e. The van der Waals surface area contributed by atoms with Crippen molar-refractivity contribution in [3.63, 3.8) is 0 Å². The molecule has 0 unspecified atom stereocenters. The molecule has 1 amide bonds. The minimum absolute atomic E-state index is 0.113. The van der Waals surface area contributed by atoms with Gasteiger partial charge in [-0.25, -0.2) is 0 Å². The first-order valence-corrected chi connectivity index (χ1v) is 7.57. The van der Waals surface area contributed by atoms with Crippen molar-refractivity contribution in [1.29, 1.82) is 0 Å². The van der Waals surface area contributed by atoms with Gasteiger partial charge in [0.05, 0.1) is 0 Å². The van der Waals surface area contributed by atoms with Crippen molar-refractivity contribution in [2.45, 2.75) is 6.54 Å². The Balaban J connectivity index is 1.56. The van der Waals surface area contributed by atoms with Crippen molar-refractivity contribution in [3.05, 3.63) is 52.2 Å². The summed E-state index contributed by atoms with van der Waals surface area (Å²) < 4.78 is 11.0. The van der Waals surface area contributed by atoms with Crippen molar-refractivity contribution in [2.75, 3.05) is 13.2 Å². The summed E-state index contributed by atoms with van der Waals surface area (Å²) in [6.45, 7) is 1.60. The number of rotatable bonds is 4. The molecule has 0 spiro atoms. The fourth-order valence-electron chi connectivity index (χ4n) is 1.99. The van der Waals surface area contributed by atoms with Gasteiger partial charge in [-0.2, -0.15) is 0 Å². The van der Waals surface area contributed by atoms with Gasteiger partial charge in [-0.3, -0.25) is 4.79 Å². The second kappa shape index (κ2) is 6.45. The van der Waals surface area contributed by atoms with Gasteiger partial charge in [-0.05, 0) is 35.2 Å². The van der Waals surface area contributed by atoms with Crippen molar-refractivity contribution >= 4 is 23.3 Å². The van der Waals surface area contributed by atoms with Crippen LogP contribution in [0, 0.1) is 0 Å². The third-order valence-corrected chi connectivity index (χ3v) is 3.85. The highest BCUT2D eigenvalue weighted by atomic mass is 32.1. The van der Waals surface area contributed by atoms with Gasteiger partial charge in [0, 0.05) is 17.5 Å². The lowest BCUT2D eigenvalue weighted by atomic mass is 10.2. The first-order valence-electron chi connectivity index (χ1n) is 6.69. The summed E-state index contributed by atoms with van der Waals surface area (Å²) in [5.41, 5.74) is 0.983. The van der Waals surface area contributed by atoms with Gasteiger partial charge < -0.3 is 14.8 Å². The van der Waals surface area contributed by atoms with Gasteiger partial charge >= 0.3 is 0 Å². The van der Waals surface area contributed by atoms with E-state index in [9.17, 15) is 4.79 Å². The molecule has 0 fully saturated rings. The Hall–Kier alpha value is -2.27. The molecule has 108 valence electrons. The maximum absolute atomic E-state index is 11.8. The van der Waals surface area contributed by atoms with E-state index in [2.05, 4.69) is 5.32 Å². The molecule has 0 bridgehead atoms. The molecule has 0 saturated heterocycles. The van der Waals surface area contributed by atoms with Crippen LogP contribution in [0.1, 0.15) is 10.4 Å². The molecule has 0 radical (unpaired) electrons. The van der Waals surface area contributed by atoms with Gasteiger partial charge in [-0.15, -0.1) is 11.3 Å². The molecule has 21 heavy (non-hydrogen) atoms. The molecule has 0 saturated carbocycles. The summed E-state index contributed by atoms with van der Waals surface area (Å²) in [5, 5.41) is 4.83. The van der Waals surface area contributed by atoms with Crippen molar-refractivity contribution in [1.82, 2.24) is 5.32 Å². The van der Waals surface area contributed by atoms with Crippen LogP contribution in [0.5, 0.6) is 11.5 Å². The summed E-state index contributed by atoms with van der Waals surface area (Å²) in [6, 6.07) is 9.62. The summed E-state index contributed by atoms with van der Waals surface area (Å²) in [4.78, 5) is 12.8. The Labute approximate surface area is 127 Å². The zero-order valence-electron chi connectivity index (χ0n) is 11.4. The SMILES string of the molecule is O=C(/C=C/c1cccs1)NCc1ccc2c(c1)OCCO2. The van der Waals surface area contributed by atoms with Crippen molar-refractivity contribution < 1.29 is 14.3 Å². The van der Waals surface area contributed by atoms with Crippen LogP contribution in [0.3, 0.4) is 0 Å². The number of benzene rings is 1. The molecule has 2 heterocycles. The third-order valence-electron chi connectivity index (χ3n) is 3.02. The molecule has 5 heteroatoms. The number of ether oxygens (including phenoxy) is 2. The Kier molecular flexibility index (Phi) is 4.21. The van der Waals surface area contributed by atoms with Crippen molar-refractivity contribution in [3.8, 4) is 11.5 Å². The lowest BCUT2D eigenvalue weighted by Gasteiger charge is -2.18. The zero-order chi connectivity index (χ0) is 14.5. The quantitative estimate of drug-likeness (QED) is 0.883. The molecule has 2 aromatic rings. The van der Waals surface area contributed by atoms with Crippen LogP contribution in [-0.4, -0.2) is 19.1 Å². The van der Waals surface area contributed by atoms with Crippen LogP contribution in [0.4, 0.5) is 0 Å². The van der Waals surface area contributed by atoms with E-state index in [4.69, 9.17) is 9.47 Å². The molecular formula is C16H15NO3S. The molecule has 0 atom stereocenters. The van der Waals surface area contributed by atoms with Crippen LogP contribution in [0.2, 0.25) is 0 Å². The van der Waals surface area contributed by atoms with Crippen LogP contribution < -0.4 is 14.8 Å². The fraction of sp³-hybridized carbons (Fsp3) is 0.188. The van der Waals surface area contributed by atoms with Gasteiger partial charge in [0.2, 0.25) is 5.91 Å². The molecule has 1 aromatic heterocycles. The van der Waals surface area contributed by atoms with Crippen LogP contribution in [-0.2, 0) is 11.3 Å². The van der Waals surface area contributed by atoms with E-state index in [1.165, 1.54) is 0 Å². The minimum atomic E-state index is -0.113. The number of nitrogens with one attached hydrogen (secondary N) is 1. The Morgan fingerprint density at radius 1 is 1.24 bits per heavy atom. The predicted octanol–water partition coefficient (Wildman–Crippen LogP) is 2.85. The fourth-order valence-corrected chi connectivity index (χ4v) is 2.61. The van der Waals surface area contributed by atoms with E-state index in [0.29, 0.717) is 19.8 Å². The van der Waals surface area contributed by atoms with E-state index in [1.807, 2.05) is 41.8 Å². The summed E-state index contributed by atoms with van der Waals surface area (Å²) >= 11 is 1.60. The smallest absolute Gasteiger partial charge is 0.244 e. The number of carbonyl (C=O) groups excluding carboxylic acids is 1. The predicted molar refractivity (Wildman–Crippen MR) is 82.6 cm³/mol. The average Bonchev–Trinajstić information content (AvgIpc) is 3.04. The zero-order valence-corrected chi connectivity index (χ0v) is 12.2. The topological polar surface area (TPSA) is 47.6 Å². The van der Waals surface area contributed by atoms with Gasteiger partial charge in [-0.1, -0.05) is 12.1 Å². The van der Waals surface area contributed by atoms with E-state index in [0.717, 1.165) is 21.9 Å². The first-order chi connectivity index (χ1) is 10.3. The maximum Gasteiger partial charge on any atom is 0.244 e. The summed E-state index contributed by atoms with van der Waals surface area (Å²) in [6.07, 6.45) is 3.35. The number of hydrogen-bond donors (Lipinski definition) is 1. The second-order valence-electron chi connectivity index (χ2n) is 4.54. The number of hydrogen-bond acceptors (Lipinski definition) is 4. The highest BCUT2D eigenvalue weighted by Crippen LogP contribution is 2.30. The minimum Gasteiger partial charge on any atom is -0.486 e. The lowest BCUT2D eigenvalue weighted by Crippen LogP contribution is -2.20. The number of fused-ring (bicyclic) bond motifs is 1. The van der Waals surface area contributed by atoms with Crippen molar-refractivity contribution in [2.24, 2.45) is 0 Å². The number of amides is 1. The number of carbonyl (C=O) groups is 1. The van der Waals surface area contributed by atoms with Gasteiger partial charge in [0.1, 0.15) is 13.2 Å². The first kappa shape index (κ1) is 13.7. The van der Waals surface area contributed by atoms with E-state index >= 15 is 0 Å². The molecule has 1 aliphatic heterocycles. The normalized spacial score (nSPS) is 13.3. The maximum atomic E-state index is 11.8. The molecule has 0 aliphatic carbocycles. The third kappa shape index (κ3) is 3.64. The summed E-state index contributed by atoms with van der Waals surface area (Å²) in [5.74, 6) is 1.38. The van der Waals surface area contributed by atoms with E-state index in [1.54, 1.807) is 17.4 Å². The molecule has 1 aliphatic rings. The molecule has 1 N–H and O–H groups in total. The Bertz CT molecular complexity index is 650. The van der Waals surface area contributed by atoms with Crippen LogP contribution in [0.25, 0.3) is 6.08 Å². The monoisotopic (exact) mass is 301 g/mol.